The molecule has 0 aromatic heterocycles. The number of alkyl carbamates (subject to hydrolysis) is 1. The highest BCUT2D eigenvalue weighted by Crippen LogP contribution is 2.19. The highest BCUT2D eigenvalue weighted by atomic mass is 16.6. The Balaban J connectivity index is 1.88. The van der Waals surface area contributed by atoms with E-state index in [0.29, 0.717) is 19.7 Å². The van der Waals surface area contributed by atoms with Gasteiger partial charge < -0.3 is 19.9 Å². The summed E-state index contributed by atoms with van der Waals surface area (Å²) < 4.78 is 10.2. The molecule has 96 valence electrons. The number of carbonyl (C=O) groups is 2. The van der Waals surface area contributed by atoms with Gasteiger partial charge in [0.2, 0.25) is 0 Å². The maximum Gasteiger partial charge on any atom is 0.407 e. The van der Waals surface area contributed by atoms with Gasteiger partial charge in [0.05, 0.1) is 25.7 Å². The molecule has 0 radical (unpaired) electrons. The quantitative estimate of drug-likeness (QED) is 0.668. The van der Waals surface area contributed by atoms with Crippen LogP contribution in [0.5, 0.6) is 0 Å². The number of aliphatic carboxylic acids is 1. The predicted octanol–water partition coefficient (Wildman–Crippen LogP) is -0.874. The number of rotatable bonds is 4. The number of carbonyl (C=O) groups excluding carboxylic acids is 1. The second-order valence-corrected chi connectivity index (χ2v) is 4.40. The van der Waals surface area contributed by atoms with E-state index in [9.17, 15) is 9.59 Å². The van der Waals surface area contributed by atoms with Crippen molar-refractivity contribution >= 4 is 12.1 Å². The summed E-state index contributed by atoms with van der Waals surface area (Å²) in [6.07, 6.45) is -0.636. The molecule has 7 heteroatoms. The summed E-state index contributed by atoms with van der Waals surface area (Å²) in [6, 6.07) is -0.160. The van der Waals surface area contributed by atoms with Gasteiger partial charge in [-0.3, -0.25) is 9.69 Å². The molecule has 2 N–H and O–H groups in total. The number of carboxylic acid groups (broad SMARTS) is 1. The van der Waals surface area contributed by atoms with Crippen LogP contribution in [-0.2, 0) is 14.3 Å². The van der Waals surface area contributed by atoms with Crippen LogP contribution in [0.2, 0.25) is 0 Å². The van der Waals surface area contributed by atoms with Gasteiger partial charge in [-0.15, -0.1) is 0 Å². The molecular formula is C10H16N2O5. The third-order valence-corrected chi connectivity index (χ3v) is 3.17. The number of hydrogen-bond acceptors (Lipinski definition) is 5. The number of carboxylic acids is 1. The first-order valence-electron chi connectivity index (χ1n) is 5.53. The zero-order chi connectivity index (χ0) is 12.4. The molecule has 0 spiro atoms. The number of likely N-dealkylation sites (N-methyl/N-ethyl adjacent to an activating group) is 1. The van der Waals surface area contributed by atoms with Crippen LogP contribution in [0.25, 0.3) is 0 Å². The van der Waals surface area contributed by atoms with Crippen LogP contribution in [0.3, 0.4) is 0 Å². The molecule has 17 heavy (non-hydrogen) atoms. The summed E-state index contributed by atoms with van der Waals surface area (Å²) in [4.78, 5) is 23.7. The Labute approximate surface area is 98.7 Å². The van der Waals surface area contributed by atoms with Crippen LogP contribution in [0.1, 0.15) is 0 Å². The fraction of sp³-hybridized carbons (Fsp3) is 0.800. The predicted molar refractivity (Wildman–Crippen MR) is 56.6 cm³/mol. The third-order valence-electron chi connectivity index (χ3n) is 3.17. The molecule has 7 nitrogen and oxygen atoms in total. The number of hydrogen-bond donors (Lipinski definition) is 2. The van der Waals surface area contributed by atoms with E-state index in [1.807, 2.05) is 11.9 Å². The van der Waals surface area contributed by atoms with Gasteiger partial charge in [-0.2, -0.15) is 0 Å². The van der Waals surface area contributed by atoms with E-state index in [1.165, 1.54) is 0 Å². The van der Waals surface area contributed by atoms with Crippen molar-refractivity contribution in [3.05, 3.63) is 0 Å². The summed E-state index contributed by atoms with van der Waals surface area (Å²) in [5.41, 5.74) is 0. The van der Waals surface area contributed by atoms with Crippen molar-refractivity contribution in [1.29, 1.82) is 0 Å². The van der Waals surface area contributed by atoms with Crippen molar-refractivity contribution in [3.63, 3.8) is 0 Å². The number of amides is 1. The average molecular weight is 244 g/mol. The fourth-order valence-electron chi connectivity index (χ4n) is 2.20. The summed E-state index contributed by atoms with van der Waals surface area (Å²) in [5, 5.41) is 11.6. The van der Waals surface area contributed by atoms with Crippen molar-refractivity contribution in [3.8, 4) is 0 Å². The minimum absolute atomic E-state index is 0.160. The van der Waals surface area contributed by atoms with Gasteiger partial charge in [0.1, 0.15) is 6.10 Å². The molecule has 0 aromatic rings. The molecule has 2 heterocycles. The monoisotopic (exact) mass is 244 g/mol. The molecule has 0 bridgehead atoms. The SMILES string of the molecule is CN(CC1CNC(=O)O1)C1COCC1C(=O)O. The van der Waals surface area contributed by atoms with Crippen molar-refractivity contribution in [2.75, 3.05) is 33.4 Å². The van der Waals surface area contributed by atoms with Crippen molar-refractivity contribution in [1.82, 2.24) is 10.2 Å². The fourth-order valence-corrected chi connectivity index (χ4v) is 2.20. The van der Waals surface area contributed by atoms with Crippen LogP contribution in [0, 0.1) is 5.92 Å². The maximum absolute atomic E-state index is 11.0. The molecule has 2 rings (SSSR count). The molecular weight excluding hydrogens is 228 g/mol. The Morgan fingerprint density at radius 2 is 2.35 bits per heavy atom. The van der Waals surface area contributed by atoms with Gasteiger partial charge in [-0.05, 0) is 7.05 Å². The molecule has 3 unspecified atom stereocenters. The van der Waals surface area contributed by atoms with Crippen LogP contribution in [0.15, 0.2) is 0 Å². The van der Waals surface area contributed by atoms with E-state index < -0.39 is 18.0 Å². The normalized spacial score (nSPS) is 32.6. The van der Waals surface area contributed by atoms with Gasteiger partial charge in [0.25, 0.3) is 0 Å². The Hall–Kier alpha value is -1.34. The summed E-state index contributed by atoms with van der Waals surface area (Å²) >= 11 is 0. The summed E-state index contributed by atoms with van der Waals surface area (Å²) in [6.45, 7) is 1.62. The van der Waals surface area contributed by atoms with E-state index >= 15 is 0 Å². The lowest BCUT2D eigenvalue weighted by atomic mass is 10.0. The number of ether oxygens (including phenoxy) is 2. The van der Waals surface area contributed by atoms with Crippen LogP contribution >= 0.6 is 0 Å². The Morgan fingerprint density at radius 3 is 2.94 bits per heavy atom. The number of nitrogens with zero attached hydrogens (tertiary/aromatic N) is 1. The Kier molecular flexibility index (Phi) is 3.49. The molecule has 1 amide bonds. The van der Waals surface area contributed by atoms with Crippen molar-refractivity contribution in [2.45, 2.75) is 12.1 Å². The third kappa shape index (κ3) is 2.67. The average Bonchev–Trinajstić information content (AvgIpc) is 2.86. The standard InChI is InChI=1S/C10H16N2O5/c1-12(3-6-2-11-10(15)17-6)8-5-16-4-7(8)9(13)14/h6-8H,2-5H2,1H3,(H,11,15)(H,13,14). The highest BCUT2D eigenvalue weighted by Gasteiger charge is 2.38. The van der Waals surface area contributed by atoms with Gasteiger partial charge in [-0.1, -0.05) is 0 Å². The van der Waals surface area contributed by atoms with Crippen molar-refractivity contribution < 1.29 is 24.2 Å². The van der Waals surface area contributed by atoms with E-state index in [0.717, 1.165) is 0 Å². The molecule has 0 aromatic carbocycles. The molecule has 0 saturated carbocycles. The summed E-state index contributed by atoms with van der Waals surface area (Å²) in [5.74, 6) is -1.36. The zero-order valence-electron chi connectivity index (χ0n) is 9.59. The molecule has 2 aliphatic rings. The first kappa shape index (κ1) is 12.1. The lowest BCUT2D eigenvalue weighted by Crippen LogP contribution is -2.44. The molecule has 2 fully saturated rings. The lowest BCUT2D eigenvalue weighted by Gasteiger charge is -2.27. The number of nitrogens with one attached hydrogen (secondary N) is 1. The van der Waals surface area contributed by atoms with E-state index in [2.05, 4.69) is 5.32 Å². The van der Waals surface area contributed by atoms with Crippen LogP contribution in [0.4, 0.5) is 4.79 Å². The number of cyclic esters (lactones) is 1. The molecule has 2 saturated heterocycles. The van der Waals surface area contributed by atoms with E-state index in [4.69, 9.17) is 14.6 Å². The molecule has 2 aliphatic heterocycles. The Bertz CT molecular complexity index is 322. The van der Waals surface area contributed by atoms with Crippen LogP contribution in [-0.4, -0.2) is 67.6 Å². The minimum Gasteiger partial charge on any atom is -0.481 e. The smallest absolute Gasteiger partial charge is 0.407 e. The molecule has 3 atom stereocenters. The van der Waals surface area contributed by atoms with Gasteiger partial charge >= 0.3 is 12.1 Å². The second kappa shape index (κ2) is 4.89. The lowest BCUT2D eigenvalue weighted by molar-refractivity contribution is -0.143. The topological polar surface area (TPSA) is 88.1 Å². The zero-order valence-corrected chi connectivity index (χ0v) is 9.59. The van der Waals surface area contributed by atoms with Gasteiger partial charge in [0, 0.05) is 12.6 Å². The van der Waals surface area contributed by atoms with Crippen LogP contribution < -0.4 is 5.32 Å². The minimum atomic E-state index is -0.846. The largest absolute Gasteiger partial charge is 0.481 e. The van der Waals surface area contributed by atoms with Crippen molar-refractivity contribution in [2.24, 2.45) is 5.92 Å². The van der Waals surface area contributed by atoms with E-state index in [-0.39, 0.29) is 18.8 Å². The second-order valence-electron chi connectivity index (χ2n) is 4.40. The highest BCUT2D eigenvalue weighted by molar-refractivity contribution is 5.71. The van der Waals surface area contributed by atoms with E-state index in [1.54, 1.807) is 0 Å². The first-order valence-corrected chi connectivity index (χ1v) is 5.53. The van der Waals surface area contributed by atoms with Gasteiger partial charge in [-0.25, -0.2) is 4.79 Å². The maximum atomic E-state index is 11.0. The molecule has 0 aliphatic carbocycles. The van der Waals surface area contributed by atoms with Gasteiger partial charge in [0.15, 0.2) is 0 Å². The first-order chi connectivity index (χ1) is 8.08. The Morgan fingerprint density at radius 1 is 1.59 bits per heavy atom. The summed E-state index contributed by atoms with van der Waals surface area (Å²) in [7, 11) is 1.82.